The molecule has 37 heavy (non-hydrogen) atoms. The van der Waals surface area contributed by atoms with E-state index in [1.54, 1.807) is 32.9 Å². The third-order valence-corrected chi connectivity index (χ3v) is 5.76. The fraction of sp³-hybridized carbons (Fsp3) is 0.423. The van der Waals surface area contributed by atoms with Crippen molar-refractivity contribution in [2.75, 3.05) is 24.1 Å². The zero-order valence-electron chi connectivity index (χ0n) is 21.0. The summed E-state index contributed by atoms with van der Waals surface area (Å²) in [5.74, 6) is -1.87. The first kappa shape index (κ1) is 28.1. The minimum absolute atomic E-state index is 0.0410. The Labute approximate surface area is 218 Å². The van der Waals surface area contributed by atoms with E-state index >= 15 is 0 Å². The number of esters is 3. The van der Waals surface area contributed by atoms with Crippen molar-refractivity contribution in [1.29, 1.82) is 0 Å². The summed E-state index contributed by atoms with van der Waals surface area (Å²) in [5.41, 5.74) is 0.105. The normalized spacial score (nSPS) is 13.8. The molecule has 0 aliphatic heterocycles. The van der Waals surface area contributed by atoms with E-state index < -0.39 is 47.9 Å². The summed E-state index contributed by atoms with van der Waals surface area (Å²) in [6.07, 6.45) is 1.97. The lowest BCUT2D eigenvalue weighted by Gasteiger charge is -2.29. The smallest absolute Gasteiger partial charge is 0.344 e. The van der Waals surface area contributed by atoms with Crippen molar-refractivity contribution >= 4 is 34.9 Å². The molecule has 2 aromatic rings. The van der Waals surface area contributed by atoms with Gasteiger partial charge in [-0.25, -0.2) is 9.59 Å². The molecule has 0 saturated heterocycles. The van der Waals surface area contributed by atoms with Crippen LogP contribution in [0, 0.1) is 5.92 Å². The highest BCUT2D eigenvalue weighted by Crippen LogP contribution is 2.34. The quantitative estimate of drug-likeness (QED) is 0.229. The van der Waals surface area contributed by atoms with Crippen LogP contribution in [0.4, 0.5) is 5.69 Å². The highest BCUT2D eigenvalue weighted by Gasteiger charge is 2.26. The van der Waals surface area contributed by atoms with Crippen LogP contribution >= 0.6 is 0 Å². The number of rotatable bonds is 12. The SMILES string of the molecule is CC(C)(C)OC(=O)CN(c1ccc(C(=O)OCC(=O)OCc2ccccc2)cc1OCC1CC1)S(=O)[O-]. The third-order valence-electron chi connectivity index (χ3n) is 5.07. The van der Waals surface area contributed by atoms with Crippen molar-refractivity contribution in [3.05, 3.63) is 59.7 Å². The summed E-state index contributed by atoms with van der Waals surface area (Å²) in [6, 6.07) is 13.0. The maximum atomic E-state index is 12.6. The van der Waals surface area contributed by atoms with Crippen LogP contribution in [0.2, 0.25) is 0 Å². The molecule has 0 heterocycles. The van der Waals surface area contributed by atoms with Crippen LogP contribution in [-0.4, -0.2) is 52.0 Å². The van der Waals surface area contributed by atoms with Gasteiger partial charge in [-0.1, -0.05) is 30.3 Å². The zero-order valence-corrected chi connectivity index (χ0v) is 21.8. The lowest BCUT2D eigenvalue weighted by atomic mass is 10.2. The van der Waals surface area contributed by atoms with Gasteiger partial charge in [0.05, 0.1) is 17.9 Å². The third kappa shape index (κ3) is 9.51. The first-order chi connectivity index (χ1) is 17.5. The molecule has 0 spiro atoms. The summed E-state index contributed by atoms with van der Waals surface area (Å²) in [7, 11) is 0. The van der Waals surface area contributed by atoms with E-state index in [4.69, 9.17) is 18.9 Å². The molecular formula is C26H30NO9S-. The average molecular weight is 533 g/mol. The Morgan fingerprint density at radius 1 is 1.03 bits per heavy atom. The lowest BCUT2D eigenvalue weighted by Crippen LogP contribution is -2.36. The number of nitrogens with zero attached hydrogens (tertiary/aromatic N) is 1. The fourth-order valence-corrected chi connectivity index (χ4v) is 3.67. The molecule has 3 rings (SSSR count). The van der Waals surface area contributed by atoms with E-state index in [9.17, 15) is 23.1 Å². The molecule has 0 radical (unpaired) electrons. The lowest BCUT2D eigenvalue weighted by molar-refractivity contribution is -0.152. The Morgan fingerprint density at radius 3 is 2.35 bits per heavy atom. The predicted molar refractivity (Wildman–Crippen MR) is 133 cm³/mol. The van der Waals surface area contributed by atoms with Crippen LogP contribution in [0.3, 0.4) is 0 Å². The van der Waals surface area contributed by atoms with Gasteiger partial charge in [-0.15, -0.1) is 0 Å². The van der Waals surface area contributed by atoms with E-state index in [-0.39, 0.29) is 23.6 Å². The van der Waals surface area contributed by atoms with E-state index in [0.717, 1.165) is 22.7 Å². The van der Waals surface area contributed by atoms with Gasteiger partial charge in [0.1, 0.15) is 24.5 Å². The summed E-state index contributed by atoms with van der Waals surface area (Å²) in [4.78, 5) is 36.9. The van der Waals surface area contributed by atoms with Gasteiger partial charge in [-0.2, -0.15) is 0 Å². The van der Waals surface area contributed by atoms with Gasteiger partial charge in [0, 0.05) is 11.3 Å². The molecule has 200 valence electrons. The van der Waals surface area contributed by atoms with Crippen LogP contribution in [0.25, 0.3) is 0 Å². The number of ether oxygens (including phenoxy) is 4. The standard InChI is InChI=1S/C26H31NO9S/c1-26(2,3)36-23(28)14-27(37(31)32)21-12-11-20(13-22(21)33-15-19-9-10-19)25(30)35-17-24(29)34-16-18-7-5-4-6-8-18/h4-8,11-13,19H,9-10,14-17H2,1-3H3,(H,31,32)/p-1. The van der Waals surface area contributed by atoms with Crippen LogP contribution in [0.5, 0.6) is 5.75 Å². The minimum atomic E-state index is -2.83. The first-order valence-electron chi connectivity index (χ1n) is 11.7. The second kappa shape index (κ2) is 12.7. The van der Waals surface area contributed by atoms with Crippen LogP contribution < -0.4 is 9.04 Å². The molecule has 0 bridgehead atoms. The topological polar surface area (TPSA) is 132 Å². The molecule has 0 amide bonds. The van der Waals surface area contributed by atoms with E-state index in [2.05, 4.69) is 0 Å². The van der Waals surface area contributed by atoms with Gasteiger partial charge in [0.15, 0.2) is 6.61 Å². The van der Waals surface area contributed by atoms with E-state index in [0.29, 0.717) is 12.5 Å². The summed E-state index contributed by atoms with van der Waals surface area (Å²) >= 11 is -2.83. The molecule has 11 heteroatoms. The molecule has 1 saturated carbocycles. The van der Waals surface area contributed by atoms with Crippen LogP contribution in [0.1, 0.15) is 49.5 Å². The van der Waals surface area contributed by atoms with Gasteiger partial charge in [-0.3, -0.25) is 13.3 Å². The van der Waals surface area contributed by atoms with E-state index in [1.165, 1.54) is 18.2 Å². The number of carbonyl (C=O) groups excluding carboxylic acids is 3. The minimum Gasteiger partial charge on any atom is -0.755 e. The van der Waals surface area contributed by atoms with Crippen molar-refractivity contribution in [3.63, 3.8) is 0 Å². The summed E-state index contributed by atoms with van der Waals surface area (Å²) in [5, 5.41) is 0. The number of anilines is 1. The van der Waals surface area contributed by atoms with Crippen molar-refractivity contribution in [2.45, 2.75) is 45.8 Å². The second-order valence-electron chi connectivity index (χ2n) is 9.50. The Balaban J connectivity index is 1.69. The maximum Gasteiger partial charge on any atom is 0.344 e. The molecule has 1 unspecified atom stereocenters. The Morgan fingerprint density at radius 2 is 1.73 bits per heavy atom. The van der Waals surface area contributed by atoms with Gasteiger partial charge in [0.2, 0.25) is 0 Å². The molecule has 1 fully saturated rings. The van der Waals surface area contributed by atoms with Gasteiger partial charge in [0.25, 0.3) is 0 Å². The first-order valence-corrected chi connectivity index (χ1v) is 12.8. The Hall–Kier alpha value is -3.44. The highest BCUT2D eigenvalue weighted by molar-refractivity contribution is 7.80. The van der Waals surface area contributed by atoms with Crippen molar-refractivity contribution < 1.29 is 42.1 Å². The van der Waals surface area contributed by atoms with Crippen molar-refractivity contribution in [1.82, 2.24) is 0 Å². The molecule has 2 aromatic carbocycles. The number of hydrogen-bond donors (Lipinski definition) is 0. The largest absolute Gasteiger partial charge is 0.755 e. The molecule has 0 aromatic heterocycles. The molecule has 0 N–H and O–H groups in total. The number of benzene rings is 2. The van der Waals surface area contributed by atoms with Crippen LogP contribution in [0.15, 0.2) is 48.5 Å². The Kier molecular flexibility index (Phi) is 9.65. The van der Waals surface area contributed by atoms with Crippen LogP contribution in [-0.2, 0) is 41.7 Å². The van der Waals surface area contributed by atoms with Crippen molar-refractivity contribution in [3.8, 4) is 5.75 Å². The second-order valence-corrected chi connectivity index (χ2v) is 10.4. The molecule has 1 aliphatic rings. The number of carbonyl (C=O) groups is 3. The zero-order chi connectivity index (χ0) is 27.0. The highest BCUT2D eigenvalue weighted by atomic mass is 32.2. The summed E-state index contributed by atoms with van der Waals surface area (Å²) < 4.78 is 46.0. The number of hydrogen-bond acceptors (Lipinski definition) is 9. The van der Waals surface area contributed by atoms with Gasteiger partial charge < -0.3 is 23.5 Å². The summed E-state index contributed by atoms with van der Waals surface area (Å²) in [6.45, 7) is 4.21. The molecule has 1 atom stereocenters. The molecular weight excluding hydrogens is 502 g/mol. The Bertz CT molecular complexity index is 1130. The predicted octanol–water partition coefficient (Wildman–Crippen LogP) is 3.32. The monoisotopic (exact) mass is 532 g/mol. The molecule has 1 aliphatic carbocycles. The average Bonchev–Trinajstić information content (AvgIpc) is 3.67. The van der Waals surface area contributed by atoms with Gasteiger partial charge in [-0.05, 0) is 63.3 Å². The fourth-order valence-electron chi connectivity index (χ4n) is 3.15. The molecule has 10 nitrogen and oxygen atoms in total. The van der Waals surface area contributed by atoms with Gasteiger partial charge >= 0.3 is 17.9 Å². The van der Waals surface area contributed by atoms with Crippen molar-refractivity contribution in [2.24, 2.45) is 5.92 Å². The maximum absolute atomic E-state index is 12.6. The van der Waals surface area contributed by atoms with E-state index in [1.807, 2.05) is 18.2 Å².